The Labute approximate surface area is 122 Å². The number of carbonyl (C=O) groups excluding carboxylic acids is 2. The van der Waals surface area contributed by atoms with Crippen LogP contribution in [0.1, 0.15) is 40.5 Å². The summed E-state index contributed by atoms with van der Waals surface area (Å²) < 4.78 is 11.5. The Morgan fingerprint density at radius 2 is 1.95 bits per heavy atom. The highest BCUT2D eigenvalue weighted by Gasteiger charge is 2.40. The summed E-state index contributed by atoms with van der Waals surface area (Å²) in [6.45, 7) is 12.2. The van der Waals surface area contributed by atoms with Gasteiger partial charge in [-0.15, -0.1) is 0 Å². The van der Waals surface area contributed by atoms with Crippen molar-refractivity contribution in [1.29, 1.82) is 0 Å². The minimum atomic E-state index is -1.93. The van der Waals surface area contributed by atoms with E-state index in [1.54, 1.807) is 6.08 Å². The zero-order valence-electron chi connectivity index (χ0n) is 13.4. The van der Waals surface area contributed by atoms with Crippen LogP contribution < -0.4 is 0 Å². The molecule has 1 rings (SSSR count). The van der Waals surface area contributed by atoms with Gasteiger partial charge in [-0.3, -0.25) is 9.59 Å². The Balaban J connectivity index is 2.79. The van der Waals surface area contributed by atoms with Crippen LogP contribution in [0.4, 0.5) is 0 Å². The molecule has 0 amide bonds. The van der Waals surface area contributed by atoms with Gasteiger partial charge in [-0.05, 0) is 30.3 Å². The van der Waals surface area contributed by atoms with Gasteiger partial charge in [-0.1, -0.05) is 20.8 Å². The minimum absolute atomic E-state index is 0.0309. The Kier molecular flexibility index (Phi) is 5.32. The van der Waals surface area contributed by atoms with E-state index >= 15 is 0 Å². The molecule has 0 spiro atoms. The van der Waals surface area contributed by atoms with Gasteiger partial charge in [-0.25, -0.2) is 0 Å². The first-order valence-corrected chi connectivity index (χ1v) is 9.98. The number of allylic oxidation sites excluding steroid dienone is 1. The summed E-state index contributed by atoms with van der Waals surface area (Å²) in [5.41, 5.74) is 0. The van der Waals surface area contributed by atoms with Crippen LogP contribution in [-0.4, -0.2) is 32.3 Å². The van der Waals surface area contributed by atoms with Crippen molar-refractivity contribution in [1.82, 2.24) is 0 Å². The summed E-state index contributed by atoms with van der Waals surface area (Å²) in [6.07, 6.45) is 3.53. The van der Waals surface area contributed by atoms with Gasteiger partial charge < -0.3 is 9.16 Å². The Morgan fingerprint density at radius 1 is 1.35 bits per heavy atom. The third-order valence-electron chi connectivity index (χ3n) is 4.01. The van der Waals surface area contributed by atoms with Crippen molar-refractivity contribution in [2.45, 2.75) is 70.9 Å². The SMILES string of the molecule is CC(=O)O[C@@H]1C=CC(=O)C[C@H](O[Si](C)(C)C(C)(C)C)C1. The topological polar surface area (TPSA) is 52.6 Å². The van der Waals surface area contributed by atoms with E-state index in [1.807, 2.05) is 0 Å². The van der Waals surface area contributed by atoms with Crippen LogP contribution in [0, 0.1) is 0 Å². The molecule has 0 N–H and O–H groups in total. The maximum Gasteiger partial charge on any atom is 0.303 e. The Morgan fingerprint density at radius 3 is 2.45 bits per heavy atom. The summed E-state index contributed by atoms with van der Waals surface area (Å²) in [6, 6.07) is 0. The third kappa shape index (κ3) is 4.87. The predicted octanol–water partition coefficient (Wildman–Crippen LogP) is 3.23. The lowest BCUT2D eigenvalue weighted by Gasteiger charge is -2.39. The molecule has 0 radical (unpaired) electrons. The van der Waals surface area contributed by atoms with E-state index in [1.165, 1.54) is 13.0 Å². The number of esters is 1. The smallest absolute Gasteiger partial charge is 0.303 e. The molecule has 0 aliphatic heterocycles. The summed E-state index contributed by atoms with van der Waals surface area (Å²) in [5, 5.41) is 0.0900. The lowest BCUT2D eigenvalue weighted by Crippen LogP contribution is -2.44. The third-order valence-corrected chi connectivity index (χ3v) is 8.54. The highest BCUT2D eigenvalue weighted by atomic mass is 28.4. The van der Waals surface area contributed by atoms with Gasteiger partial charge >= 0.3 is 5.97 Å². The Bertz CT molecular complexity index is 407. The van der Waals surface area contributed by atoms with Gasteiger partial charge in [0, 0.05) is 19.8 Å². The van der Waals surface area contributed by atoms with Gasteiger partial charge in [0.25, 0.3) is 0 Å². The van der Waals surface area contributed by atoms with E-state index in [2.05, 4.69) is 33.9 Å². The fraction of sp³-hybridized carbons (Fsp3) is 0.733. The molecule has 0 aromatic carbocycles. The summed E-state index contributed by atoms with van der Waals surface area (Å²) >= 11 is 0. The van der Waals surface area contributed by atoms with Crippen LogP contribution in [0.25, 0.3) is 0 Å². The van der Waals surface area contributed by atoms with E-state index in [0.717, 1.165) is 0 Å². The molecule has 0 aromatic rings. The standard InChI is InChI=1S/C15H26O4Si/c1-11(16)18-13-8-7-12(17)9-14(10-13)19-20(5,6)15(2,3)4/h7-8,13-14H,9-10H2,1-6H3/t13-,14+/m1/s1. The summed E-state index contributed by atoms with van der Waals surface area (Å²) in [5.74, 6) is -0.302. The van der Waals surface area contributed by atoms with Crippen molar-refractivity contribution in [2.75, 3.05) is 0 Å². The maximum absolute atomic E-state index is 11.8. The molecular weight excluding hydrogens is 272 g/mol. The van der Waals surface area contributed by atoms with Crippen LogP contribution in [-0.2, 0) is 18.8 Å². The number of hydrogen-bond acceptors (Lipinski definition) is 4. The quantitative estimate of drug-likeness (QED) is 0.593. The molecular formula is C15H26O4Si. The van der Waals surface area contributed by atoms with Crippen LogP contribution >= 0.6 is 0 Å². The first-order valence-electron chi connectivity index (χ1n) is 7.07. The zero-order chi connectivity index (χ0) is 15.6. The van der Waals surface area contributed by atoms with Crippen LogP contribution in [0.15, 0.2) is 12.2 Å². The summed E-state index contributed by atoms with van der Waals surface area (Å²) in [7, 11) is -1.93. The van der Waals surface area contributed by atoms with E-state index in [-0.39, 0.29) is 29.0 Å². The van der Waals surface area contributed by atoms with Crippen molar-refractivity contribution < 1.29 is 18.8 Å². The summed E-state index contributed by atoms with van der Waals surface area (Å²) in [4.78, 5) is 22.9. The fourth-order valence-electron chi connectivity index (χ4n) is 1.91. The lowest BCUT2D eigenvalue weighted by molar-refractivity contribution is -0.145. The van der Waals surface area contributed by atoms with Crippen molar-refractivity contribution >= 4 is 20.1 Å². The first-order chi connectivity index (χ1) is 9.01. The molecule has 0 fully saturated rings. The molecule has 0 heterocycles. The Hall–Kier alpha value is -0.943. The molecule has 0 aromatic heterocycles. The molecule has 0 unspecified atom stereocenters. The minimum Gasteiger partial charge on any atom is -0.458 e. The van der Waals surface area contributed by atoms with Crippen molar-refractivity contribution in [3.63, 3.8) is 0 Å². The average Bonchev–Trinajstić information content (AvgIpc) is 2.37. The molecule has 20 heavy (non-hydrogen) atoms. The molecule has 0 bridgehead atoms. The van der Waals surface area contributed by atoms with Crippen LogP contribution in [0.3, 0.4) is 0 Å². The van der Waals surface area contributed by atoms with Crippen molar-refractivity contribution in [3.05, 3.63) is 12.2 Å². The average molecular weight is 298 g/mol. The van der Waals surface area contributed by atoms with Crippen LogP contribution in [0.2, 0.25) is 18.1 Å². The second-order valence-electron chi connectivity index (χ2n) is 6.91. The first kappa shape index (κ1) is 17.1. The normalized spacial score (nSPS) is 24.4. The molecule has 5 heteroatoms. The van der Waals surface area contributed by atoms with Crippen molar-refractivity contribution in [2.24, 2.45) is 0 Å². The van der Waals surface area contributed by atoms with Gasteiger partial charge in [0.1, 0.15) is 6.10 Å². The second-order valence-corrected chi connectivity index (χ2v) is 11.7. The van der Waals surface area contributed by atoms with Gasteiger partial charge in [0.05, 0.1) is 6.10 Å². The van der Waals surface area contributed by atoms with Gasteiger partial charge in [-0.2, -0.15) is 0 Å². The van der Waals surface area contributed by atoms with Crippen LogP contribution in [0.5, 0.6) is 0 Å². The van der Waals surface area contributed by atoms with Crippen molar-refractivity contribution in [3.8, 4) is 0 Å². The predicted molar refractivity (Wildman–Crippen MR) is 81.0 cm³/mol. The lowest BCUT2D eigenvalue weighted by atomic mass is 10.1. The van der Waals surface area contributed by atoms with E-state index < -0.39 is 8.32 Å². The molecule has 2 atom stereocenters. The number of rotatable bonds is 3. The second kappa shape index (κ2) is 6.22. The van der Waals surface area contributed by atoms with E-state index in [9.17, 15) is 9.59 Å². The fourth-order valence-corrected chi connectivity index (χ4v) is 3.28. The molecule has 0 saturated heterocycles. The zero-order valence-corrected chi connectivity index (χ0v) is 14.4. The highest BCUT2D eigenvalue weighted by molar-refractivity contribution is 6.74. The maximum atomic E-state index is 11.8. The monoisotopic (exact) mass is 298 g/mol. The number of hydrogen-bond donors (Lipinski definition) is 0. The highest BCUT2D eigenvalue weighted by Crippen LogP contribution is 2.38. The molecule has 0 saturated carbocycles. The largest absolute Gasteiger partial charge is 0.458 e. The molecule has 114 valence electrons. The van der Waals surface area contributed by atoms with E-state index in [4.69, 9.17) is 9.16 Å². The van der Waals surface area contributed by atoms with Gasteiger partial charge in [0.15, 0.2) is 14.1 Å². The van der Waals surface area contributed by atoms with E-state index in [0.29, 0.717) is 12.8 Å². The van der Waals surface area contributed by atoms with Gasteiger partial charge in [0.2, 0.25) is 0 Å². The number of ketones is 1. The molecule has 4 nitrogen and oxygen atoms in total. The number of ether oxygens (including phenoxy) is 1. The number of carbonyl (C=O) groups is 2. The molecule has 1 aliphatic rings. The molecule has 1 aliphatic carbocycles.